The summed E-state index contributed by atoms with van der Waals surface area (Å²) in [4.78, 5) is 28.9. The highest BCUT2D eigenvalue weighted by Crippen LogP contribution is 2.46. The van der Waals surface area contributed by atoms with Crippen LogP contribution in [-0.2, 0) is 21.8 Å². The third-order valence-electron chi connectivity index (χ3n) is 8.08. The van der Waals surface area contributed by atoms with Gasteiger partial charge in [-0.15, -0.1) is 10.2 Å². The van der Waals surface area contributed by atoms with Crippen LogP contribution in [0.2, 0.25) is 0 Å². The number of benzene rings is 3. The number of carbonyl (C=O) groups is 2. The Balaban J connectivity index is 1.39. The fraction of sp³-hybridized carbons (Fsp3) is 0.333. The number of hydrogen-bond acceptors (Lipinski definition) is 10. The van der Waals surface area contributed by atoms with Crippen LogP contribution in [-0.4, -0.2) is 46.3 Å². The van der Waals surface area contributed by atoms with Gasteiger partial charge in [0.25, 0.3) is 5.78 Å². The first-order valence-electron chi connectivity index (χ1n) is 16.0. The smallest absolute Gasteiger partial charge is 0.301 e. The minimum atomic E-state index is -1.02. The molecule has 250 valence electrons. The maximum absolute atomic E-state index is 13.8. The fourth-order valence-corrected chi connectivity index (χ4v) is 7.59. The van der Waals surface area contributed by atoms with Crippen LogP contribution in [0.4, 0.5) is 9.52 Å². The number of thioether (sulfide) groups is 1. The van der Waals surface area contributed by atoms with Crippen molar-refractivity contribution in [2.24, 2.45) is 0 Å². The van der Waals surface area contributed by atoms with Gasteiger partial charge >= 0.3 is 5.91 Å². The van der Waals surface area contributed by atoms with E-state index in [0.717, 1.165) is 47.5 Å². The molecule has 9 nitrogen and oxygen atoms in total. The summed E-state index contributed by atoms with van der Waals surface area (Å²) >= 11 is 2.54. The summed E-state index contributed by atoms with van der Waals surface area (Å²) < 4.78 is 31.8. The number of fused-ring (bicyclic) bond motifs is 1. The summed E-state index contributed by atoms with van der Waals surface area (Å²) in [6.07, 6.45) is 3.65. The van der Waals surface area contributed by atoms with Crippen molar-refractivity contribution in [3.05, 3.63) is 94.3 Å². The van der Waals surface area contributed by atoms with E-state index in [2.05, 4.69) is 17.1 Å². The van der Waals surface area contributed by atoms with Crippen molar-refractivity contribution in [3.63, 3.8) is 0 Å². The standard InChI is InChI=1S/C36H36FN3O6S2/c1-4-6-7-16-45-28-15-10-23(19-29(28)44-5-2)31-30(32(41)24-11-14-27-25(18-24)17-21(3)46-27)33(42)34(43)40(31)35-38-39-36(48-35)47-20-22-8-12-26(37)13-9-22/h8-15,18-19,21,31,41H,4-7,16-17,20H2,1-3H3. The Morgan fingerprint density at radius 3 is 2.62 bits per heavy atom. The van der Waals surface area contributed by atoms with Crippen molar-refractivity contribution in [1.82, 2.24) is 10.2 Å². The Morgan fingerprint density at radius 2 is 1.85 bits per heavy atom. The molecule has 0 spiro atoms. The molecule has 12 heteroatoms. The molecule has 2 unspecified atom stereocenters. The molecule has 2 atom stereocenters. The van der Waals surface area contributed by atoms with Crippen LogP contribution in [0, 0.1) is 5.82 Å². The molecule has 0 aliphatic carbocycles. The summed E-state index contributed by atoms with van der Waals surface area (Å²) in [5.41, 5.74) is 2.68. The van der Waals surface area contributed by atoms with E-state index in [-0.39, 0.29) is 28.4 Å². The molecule has 0 saturated carbocycles. The maximum atomic E-state index is 13.8. The molecular weight excluding hydrogens is 654 g/mol. The number of rotatable bonds is 13. The van der Waals surface area contributed by atoms with E-state index in [4.69, 9.17) is 14.2 Å². The third kappa shape index (κ3) is 7.05. The number of halogens is 1. The molecule has 3 heterocycles. The lowest BCUT2D eigenvalue weighted by Gasteiger charge is -2.23. The minimum absolute atomic E-state index is 0.00445. The lowest BCUT2D eigenvalue weighted by Crippen LogP contribution is -2.29. The number of anilines is 1. The van der Waals surface area contributed by atoms with Crippen LogP contribution in [0.25, 0.3) is 5.76 Å². The second-order valence-electron chi connectivity index (χ2n) is 11.6. The predicted octanol–water partition coefficient (Wildman–Crippen LogP) is 7.89. The topological polar surface area (TPSA) is 111 Å². The molecule has 1 N–H and O–H groups in total. The predicted molar refractivity (Wildman–Crippen MR) is 184 cm³/mol. The number of aromatic nitrogens is 2. The second-order valence-corrected chi connectivity index (χ2v) is 13.8. The SMILES string of the molecule is CCCCCOc1ccc(C2C(=C(O)c3ccc4c(c3)CC(C)O4)C(=O)C(=O)N2c2nnc(SCc3ccc(F)cc3)s2)cc1OCC. The van der Waals surface area contributed by atoms with E-state index in [1.165, 1.54) is 28.8 Å². The molecule has 4 aromatic rings. The third-order valence-corrected chi connectivity index (χ3v) is 10.2. The van der Waals surface area contributed by atoms with Gasteiger partial charge in [0.1, 0.15) is 23.4 Å². The zero-order valence-corrected chi connectivity index (χ0v) is 28.5. The molecule has 1 amide bonds. The Morgan fingerprint density at radius 1 is 1.04 bits per heavy atom. The molecule has 1 saturated heterocycles. The molecule has 2 aliphatic heterocycles. The molecule has 48 heavy (non-hydrogen) atoms. The van der Waals surface area contributed by atoms with Crippen molar-refractivity contribution >= 4 is 45.7 Å². The number of aliphatic hydroxyl groups excluding tert-OH is 1. The van der Waals surface area contributed by atoms with Crippen molar-refractivity contribution in [1.29, 1.82) is 0 Å². The van der Waals surface area contributed by atoms with Gasteiger partial charge in [-0.25, -0.2) is 4.39 Å². The Bertz CT molecular complexity index is 1840. The van der Waals surface area contributed by atoms with E-state index in [1.54, 1.807) is 48.5 Å². The van der Waals surface area contributed by atoms with E-state index >= 15 is 0 Å². The lowest BCUT2D eigenvalue weighted by molar-refractivity contribution is -0.132. The Hall–Kier alpha value is -4.42. The zero-order valence-electron chi connectivity index (χ0n) is 26.9. The van der Waals surface area contributed by atoms with Gasteiger partial charge < -0.3 is 19.3 Å². The van der Waals surface area contributed by atoms with Crippen LogP contribution < -0.4 is 19.1 Å². The average Bonchev–Trinajstić information content (AvgIpc) is 3.77. The minimum Gasteiger partial charge on any atom is -0.507 e. The van der Waals surface area contributed by atoms with E-state index in [1.807, 2.05) is 13.8 Å². The molecule has 1 fully saturated rings. The largest absolute Gasteiger partial charge is 0.507 e. The van der Waals surface area contributed by atoms with Gasteiger partial charge in [0, 0.05) is 17.7 Å². The van der Waals surface area contributed by atoms with Crippen molar-refractivity contribution < 1.29 is 33.3 Å². The van der Waals surface area contributed by atoms with Crippen molar-refractivity contribution in [2.75, 3.05) is 18.1 Å². The number of unbranched alkanes of at least 4 members (excludes halogenated alkanes) is 2. The summed E-state index contributed by atoms with van der Waals surface area (Å²) in [6.45, 7) is 6.85. The van der Waals surface area contributed by atoms with Gasteiger partial charge in [0.2, 0.25) is 5.13 Å². The number of nitrogens with zero attached hydrogens (tertiary/aromatic N) is 3. The molecular formula is C36H36FN3O6S2. The fourth-order valence-electron chi connectivity index (χ4n) is 5.77. The van der Waals surface area contributed by atoms with Gasteiger partial charge in [0.05, 0.1) is 24.8 Å². The van der Waals surface area contributed by atoms with Gasteiger partial charge in [-0.05, 0) is 79.4 Å². The highest BCUT2D eigenvalue weighted by molar-refractivity contribution is 8.00. The van der Waals surface area contributed by atoms with Crippen molar-refractivity contribution in [2.45, 2.75) is 68.7 Å². The molecule has 1 aromatic heterocycles. The summed E-state index contributed by atoms with van der Waals surface area (Å²) in [5.74, 6) is -0.0215. The van der Waals surface area contributed by atoms with E-state index < -0.39 is 17.7 Å². The summed E-state index contributed by atoms with van der Waals surface area (Å²) in [5, 5.41) is 20.5. The quantitative estimate of drug-likeness (QED) is 0.0374. The highest BCUT2D eigenvalue weighted by atomic mass is 32.2. The Kier molecular flexibility index (Phi) is 10.3. The number of ether oxygens (including phenoxy) is 3. The van der Waals surface area contributed by atoms with Crippen LogP contribution in [0.5, 0.6) is 17.2 Å². The average molecular weight is 690 g/mol. The molecule has 6 rings (SSSR count). The molecule has 2 aliphatic rings. The molecule has 3 aromatic carbocycles. The number of aliphatic hydroxyl groups is 1. The molecule has 0 bridgehead atoms. The van der Waals surface area contributed by atoms with Crippen LogP contribution in [0.15, 0.2) is 70.6 Å². The van der Waals surface area contributed by atoms with Gasteiger partial charge in [-0.1, -0.05) is 61.1 Å². The van der Waals surface area contributed by atoms with Crippen LogP contribution in [0.3, 0.4) is 0 Å². The number of carbonyl (C=O) groups excluding carboxylic acids is 2. The second kappa shape index (κ2) is 14.8. The first-order valence-corrected chi connectivity index (χ1v) is 17.8. The first kappa shape index (κ1) is 33.5. The van der Waals surface area contributed by atoms with Crippen LogP contribution >= 0.6 is 23.1 Å². The van der Waals surface area contributed by atoms with Gasteiger partial charge in [0.15, 0.2) is 15.8 Å². The van der Waals surface area contributed by atoms with Crippen molar-refractivity contribution in [3.8, 4) is 17.2 Å². The lowest BCUT2D eigenvalue weighted by atomic mass is 9.94. The van der Waals surface area contributed by atoms with Gasteiger partial charge in [-0.3, -0.25) is 14.5 Å². The first-order chi connectivity index (χ1) is 23.3. The van der Waals surface area contributed by atoms with E-state index in [9.17, 15) is 19.1 Å². The molecule has 0 radical (unpaired) electrons. The number of amides is 1. The monoisotopic (exact) mass is 689 g/mol. The van der Waals surface area contributed by atoms with Crippen LogP contribution in [0.1, 0.15) is 68.3 Å². The van der Waals surface area contributed by atoms with Gasteiger partial charge in [-0.2, -0.15) is 0 Å². The number of ketones is 1. The normalized spacial score (nSPS) is 18.2. The number of hydrogen-bond donors (Lipinski definition) is 1. The number of Topliss-reactive ketones (excluding diaryl/α,β-unsaturated/α-hetero) is 1. The zero-order chi connectivity index (χ0) is 33.8. The van der Waals surface area contributed by atoms with E-state index in [0.29, 0.717) is 52.4 Å². The summed E-state index contributed by atoms with van der Waals surface area (Å²) in [7, 11) is 0. The highest BCUT2D eigenvalue weighted by Gasteiger charge is 2.48. The maximum Gasteiger partial charge on any atom is 0.301 e. The summed E-state index contributed by atoms with van der Waals surface area (Å²) in [6, 6.07) is 15.7. The Labute approximate surface area is 286 Å².